The molecule has 0 amide bonds. The molecule has 1 unspecified atom stereocenters. The van der Waals surface area contributed by atoms with Crippen LogP contribution in [0.2, 0.25) is 0 Å². The molecule has 9 heteroatoms. The van der Waals surface area contributed by atoms with Crippen molar-refractivity contribution < 1.29 is 17.6 Å². The van der Waals surface area contributed by atoms with Crippen molar-refractivity contribution in [2.45, 2.75) is 26.1 Å². The maximum Gasteiger partial charge on any atom is 0.408 e. The topological polar surface area (TPSA) is 62.7 Å². The second-order valence-corrected chi connectivity index (χ2v) is 3.19. The summed E-state index contributed by atoms with van der Waals surface area (Å²) in [4.78, 5) is 9.99. The highest BCUT2D eigenvalue weighted by molar-refractivity contribution is 5.33. The summed E-state index contributed by atoms with van der Waals surface area (Å²) in [5.41, 5.74) is 0. The Labute approximate surface area is 94.7 Å². The second-order valence-electron chi connectivity index (χ2n) is 3.19. The smallest absolute Gasteiger partial charge is 0.354 e. The molecule has 1 atom stereocenters. The number of halogens is 4. The SMILES string of the molecule is CCNc1nc(F)nc(NC(C)C(F)(F)F)n1. The van der Waals surface area contributed by atoms with Gasteiger partial charge in [0.1, 0.15) is 6.04 Å². The van der Waals surface area contributed by atoms with E-state index in [0.717, 1.165) is 6.92 Å². The summed E-state index contributed by atoms with van der Waals surface area (Å²) in [6.07, 6.45) is -5.60. The van der Waals surface area contributed by atoms with Gasteiger partial charge < -0.3 is 10.6 Å². The number of rotatable bonds is 4. The summed E-state index contributed by atoms with van der Waals surface area (Å²) in [6.45, 7) is 3.01. The van der Waals surface area contributed by atoms with Gasteiger partial charge in [-0.1, -0.05) is 0 Å². The molecule has 0 aromatic carbocycles. The Morgan fingerprint density at radius 2 is 1.76 bits per heavy atom. The number of alkyl halides is 3. The third kappa shape index (κ3) is 4.00. The van der Waals surface area contributed by atoms with Crippen LogP contribution in [-0.4, -0.2) is 33.7 Å². The molecule has 5 nitrogen and oxygen atoms in total. The molecule has 0 saturated heterocycles. The van der Waals surface area contributed by atoms with Crippen LogP contribution in [-0.2, 0) is 0 Å². The largest absolute Gasteiger partial charge is 0.408 e. The Morgan fingerprint density at radius 3 is 2.29 bits per heavy atom. The van der Waals surface area contributed by atoms with Crippen molar-refractivity contribution in [3.8, 4) is 0 Å². The minimum Gasteiger partial charge on any atom is -0.354 e. The van der Waals surface area contributed by atoms with Crippen LogP contribution in [0.15, 0.2) is 0 Å². The van der Waals surface area contributed by atoms with Gasteiger partial charge in [-0.15, -0.1) is 0 Å². The van der Waals surface area contributed by atoms with Crippen LogP contribution in [0.25, 0.3) is 0 Å². The number of hydrogen-bond donors (Lipinski definition) is 2. The first-order chi connectivity index (χ1) is 7.82. The van der Waals surface area contributed by atoms with E-state index in [1.165, 1.54) is 0 Å². The Bertz CT molecular complexity index is 381. The highest BCUT2D eigenvalue weighted by Crippen LogP contribution is 2.22. The average Bonchev–Trinajstić information content (AvgIpc) is 2.15. The summed E-state index contributed by atoms with van der Waals surface area (Å²) < 4.78 is 49.6. The van der Waals surface area contributed by atoms with E-state index in [9.17, 15) is 17.6 Å². The zero-order valence-electron chi connectivity index (χ0n) is 9.14. The van der Waals surface area contributed by atoms with Crippen molar-refractivity contribution >= 4 is 11.9 Å². The fourth-order valence-corrected chi connectivity index (χ4v) is 0.927. The molecule has 0 aliphatic carbocycles. The van der Waals surface area contributed by atoms with Crippen LogP contribution in [0, 0.1) is 6.08 Å². The van der Waals surface area contributed by atoms with Crippen LogP contribution in [0.1, 0.15) is 13.8 Å². The van der Waals surface area contributed by atoms with Gasteiger partial charge in [0.05, 0.1) is 0 Å². The van der Waals surface area contributed by atoms with Gasteiger partial charge in [0.2, 0.25) is 11.9 Å². The van der Waals surface area contributed by atoms with Crippen LogP contribution in [0.3, 0.4) is 0 Å². The summed E-state index contributed by atoms with van der Waals surface area (Å²) >= 11 is 0. The van der Waals surface area contributed by atoms with E-state index in [1.807, 2.05) is 5.32 Å². The second kappa shape index (κ2) is 5.11. The highest BCUT2D eigenvalue weighted by atomic mass is 19.4. The third-order valence-electron chi connectivity index (χ3n) is 1.78. The molecule has 0 aliphatic heterocycles. The molecular weight excluding hydrogens is 242 g/mol. The summed E-state index contributed by atoms with van der Waals surface area (Å²) in [7, 11) is 0. The Kier molecular flexibility index (Phi) is 4.02. The Hall–Kier alpha value is -1.67. The normalized spacial score (nSPS) is 13.3. The van der Waals surface area contributed by atoms with Gasteiger partial charge in [-0.25, -0.2) is 0 Å². The van der Waals surface area contributed by atoms with Crippen LogP contribution >= 0.6 is 0 Å². The highest BCUT2D eigenvalue weighted by Gasteiger charge is 2.36. The maximum atomic E-state index is 12.9. The van der Waals surface area contributed by atoms with E-state index in [2.05, 4.69) is 20.3 Å². The summed E-state index contributed by atoms with van der Waals surface area (Å²) in [5, 5.41) is 4.53. The minimum atomic E-state index is -4.46. The summed E-state index contributed by atoms with van der Waals surface area (Å²) in [6, 6.07) is -1.88. The predicted molar refractivity (Wildman–Crippen MR) is 53.1 cm³/mol. The van der Waals surface area contributed by atoms with Gasteiger partial charge in [-0.2, -0.15) is 32.5 Å². The molecule has 96 valence electrons. The van der Waals surface area contributed by atoms with Crippen LogP contribution in [0.5, 0.6) is 0 Å². The average molecular weight is 253 g/mol. The fraction of sp³-hybridized carbons (Fsp3) is 0.625. The van der Waals surface area contributed by atoms with Crippen molar-refractivity contribution in [3.63, 3.8) is 0 Å². The molecule has 2 N–H and O–H groups in total. The van der Waals surface area contributed by atoms with Gasteiger partial charge in [0.25, 0.3) is 0 Å². The lowest BCUT2D eigenvalue weighted by molar-refractivity contribution is -0.138. The lowest BCUT2D eigenvalue weighted by atomic mass is 10.3. The van der Waals surface area contributed by atoms with E-state index < -0.39 is 24.2 Å². The zero-order chi connectivity index (χ0) is 13.1. The molecule has 1 heterocycles. The molecule has 0 radical (unpaired) electrons. The summed E-state index contributed by atoms with van der Waals surface area (Å²) in [5.74, 6) is -0.574. The first kappa shape index (κ1) is 13.4. The van der Waals surface area contributed by atoms with Gasteiger partial charge in [0, 0.05) is 6.54 Å². The molecule has 1 aromatic heterocycles. The molecule has 0 fully saturated rings. The quantitative estimate of drug-likeness (QED) is 0.801. The minimum absolute atomic E-state index is 0.114. The molecule has 0 aliphatic rings. The van der Waals surface area contributed by atoms with Gasteiger partial charge in [0.15, 0.2) is 0 Å². The van der Waals surface area contributed by atoms with E-state index >= 15 is 0 Å². The predicted octanol–water partition coefficient (Wildman–Crippen LogP) is 1.81. The molecular formula is C8H11F4N5. The van der Waals surface area contributed by atoms with Crippen LogP contribution < -0.4 is 10.6 Å². The third-order valence-corrected chi connectivity index (χ3v) is 1.78. The molecule has 1 rings (SSSR count). The number of aromatic nitrogens is 3. The van der Waals surface area contributed by atoms with Crippen molar-refractivity contribution in [2.75, 3.05) is 17.2 Å². The number of anilines is 2. The molecule has 17 heavy (non-hydrogen) atoms. The first-order valence-corrected chi connectivity index (χ1v) is 4.81. The fourth-order valence-electron chi connectivity index (χ4n) is 0.927. The first-order valence-electron chi connectivity index (χ1n) is 4.81. The zero-order valence-corrected chi connectivity index (χ0v) is 9.14. The van der Waals surface area contributed by atoms with E-state index in [-0.39, 0.29) is 5.95 Å². The molecule has 0 saturated carbocycles. The van der Waals surface area contributed by atoms with Gasteiger partial charge in [-0.3, -0.25) is 0 Å². The lowest BCUT2D eigenvalue weighted by Crippen LogP contribution is -2.34. The van der Waals surface area contributed by atoms with Crippen LogP contribution in [0.4, 0.5) is 29.5 Å². The van der Waals surface area contributed by atoms with Crippen molar-refractivity contribution in [2.24, 2.45) is 0 Å². The van der Waals surface area contributed by atoms with E-state index in [4.69, 9.17) is 0 Å². The Morgan fingerprint density at radius 1 is 1.18 bits per heavy atom. The van der Waals surface area contributed by atoms with Gasteiger partial charge in [-0.05, 0) is 13.8 Å². The monoisotopic (exact) mass is 253 g/mol. The van der Waals surface area contributed by atoms with E-state index in [0.29, 0.717) is 6.54 Å². The standard InChI is InChI=1S/C8H11F4N5/c1-3-13-6-15-5(9)16-7(17-6)14-4(2)8(10,11)12/h4H,3H2,1-2H3,(H2,13,14,15,16,17). The number of nitrogens with zero attached hydrogens (tertiary/aromatic N) is 3. The van der Waals surface area contributed by atoms with Crippen molar-refractivity contribution in [1.29, 1.82) is 0 Å². The number of nitrogens with one attached hydrogen (secondary N) is 2. The van der Waals surface area contributed by atoms with E-state index in [1.54, 1.807) is 6.92 Å². The lowest BCUT2D eigenvalue weighted by Gasteiger charge is -2.17. The van der Waals surface area contributed by atoms with Crippen molar-refractivity contribution in [3.05, 3.63) is 6.08 Å². The molecule has 1 aromatic rings. The molecule has 0 bridgehead atoms. The number of hydrogen-bond acceptors (Lipinski definition) is 5. The van der Waals surface area contributed by atoms with Crippen molar-refractivity contribution in [1.82, 2.24) is 15.0 Å². The Balaban J connectivity index is 2.84. The van der Waals surface area contributed by atoms with Gasteiger partial charge >= 0.3 is 12.3 Å². The maximum absolute atomic E-state index is 12.9. The molecule has 0 spiro atoms.